The summed E-state index contributed by atoms with van der Waals surface area (Å²) < 4.78 is 25.0. The number of thiazole rings is 1. The monoisotopic (exact) mass is 427 g/mol. The average Bonchev–Trinajstić information content (AvgIpc) is 3.15. The summed E-state index contributed by atoms with van der Waals surface area (Å²) in [5.74, 6) is -0.160. The van der Waals surface area contributed by atoms with Crippen LogP contribution in [0.4, 0.5) is 10.8 Å². The number of anilines is 2. The molecule has 1 aliphatic rings. The summed E-state index contributed by atoms with van der Waals surface area (Å²) in [7, 11) is -3.31. The minimum absolute atomic E-state index is 0.160. The molecule has 6 nitrogen and oxygen atoms in total. The Bertz CT molecular complexity index is 1150. The Hall–Kier alpha value is -2.71. The van der Waals surface area contributed by atoms with Gasteiger partial charge in [-0.3, -0.25) is 14.8 Å². The molecule has 0 radical (unpaired) electrons. The summed E-state index contributed by atoms with van der Waals surface area (Å²) in [5.41, 5.74) is 5.33. The van der Waals surface area contributed by atoms with Gasteiger partial charge >= 0.3 is 0 Å². The molecule has 8 heteroatoms. The van der Waals surface area contributed by atoms with Crippen LogP contribution in [0.5, 0.6) is 0 Å². The number of aromatic nitrogens is 1. The summed E-state index contributed by atoms with van der Waals surface area (Å²) >= 11 is 1.36. The normalized spacial score (nSPS) is 13.6. The van der Waals surface area contributed by atoms with Gasteiger partial charge in [-0.05, 0) is 61.1 Å². The zero-order valence-electron chi connectivity index (χ0n) is 15.9. The van der Waals surface area contributed by atoms with Crippen LogP contribution < -0.4 is 10.0 Å². The maximum Gasteiger partial charge on any atom is 0.257 e. The van der Waals surface area contributed by atoms with E-state index in [1.54, 1.807) is 24.3 Å². The summed E-state index contributed by atoms with van der Waals surface area (Å²) in [5, 5.41) is 5.27. The molecule has 2 aromatic carbocycles. The van der Waals surface area contributed by atoms with Crippen molar-refractivity contribution in [3.8, 4) is 11.3 Å². The van der Waals surface area contributed by atoms with Crippen LogP contribution in [0.15, 0.2) is 47.8 Å². The van der Waals surface area contributed by atoms with E-state index in [1.807, 2.05) is 17.5 Å². The summed E-state index contributed by atoms with van der Waals surface area (Å²) in [6.45, 7) is 0. The second kappa shape index (κ2) is 7.96. The molecule has 29 heavy (non-hydrogen) atoms. The first kappa shape index (κ1) is 19.6. The molecule has 1 aliphatic carbocycles. The molecule has 1 heterocycles. The van der Waals surface area contributed by atoms with Crippen LogP contribution in [0, 0.1) is 0 Å². The van der Waals surface area contributed by atoms with Gasteiger partial charge in [-0.25, -0.2) is 13.4 Å². The van der Waals surface area contributed by atoms with E-state index in [9.17, 15) is 13.2 Å². The largest absolute Gasteiger partial charge is 0.298 e. The zero-order chi connectivity index (χ0) is 20.4. The van der Waals surface area contributed by atoms with Crippen molar-refractivity contribution < 1.29 is 13.2 Å². The number of carbonyl (C=O) groups is 1. The Balaban J connectivity index is 1.46. The first-order valence-corrected chi connectivity index (χ1v) is 12.1. The molecular formula is C21H21N3O3S2. The van der Waals surface area contributed by atoms with Gasteiger partial charge in [0.2, 0.25) is 10.0 Å². The van der Waals surface area contributed by atoms with Crippen molar-refractivity contribution in [1.82, 2.24) is 4.98 Å². The third-order valence-corrected chi connectivity index (χ3v) is 6.18. The number of carbonyl (C=O) groups excluding carboxylic acids is 1. The van der Waals surface area contributed by atoms with Crippen molar-refractivity contribution in [2.45, 2.75) is 25.7 Å². The fraction of sp³-hybridized carbons (Fsp3) is 0.238. The first-order chi connectivity index (χ1) is 13.9. The third kappa shape index (κ3) is 4.83. The van der Waals surface area contributed by atoms with Crippen molar-refractivity contribution >= 4 is 38.1 Å². The molecule has 3 aromatic rings. The fourth-order valence-electron chi connectivity index (χ4n) is 3.43. The van der Waals surface area contributed by atoms with Crippen LogP contribution in [0.1, 0.15) is 34.3 Å². The molecule has 0 aliphatic heterocycles. The number of nitrogens with one attached hydrogen (secondary N) is 2. The smallest absolute Gasteiger partial charge is 0.257 e. The molecular weight excluding hydrogens is 406 g/mol. The van der Waals surface area contributed by atoms with E-state index < -0.39 is 10.0 Å². The maximum atomic E-state index is 12.6. The Labute approximate surface area is 174 Å². The predicted molar refractivity (Wildman–Crippen MR) is 117 cm³/mol. The van der Waals surface area contributed by atoms with Crippen molar-refractivity contribution in [2.24, 2.45) is 0 Å². The molecule has 0 fully saturated rings. The van der Waals surface area contributed by atoms with Crippen molar-refractivity contribution in [1.29, 1.82) is 0 Å². The minimum Gasteiger partial charge on any atom is -0.298 e. The Kier molecular flexibility index (Phi) is 5.38. The van der Waals surface area contributed by atoms with E-state index in [0.717, 1.165) is 30.4 Å². The van der Waals surface area contributed by atoms with E-state index in [2.05, 4.69) is 21.1 Å². The van der Waals surface area contributed by atoms with Gasteiger partial charge in [0, 0.05) is 22.2 Å². The number of fused-ring (bicyclic) bond motifs is 1. The minimum atomic E-state index is -3.31. The molecule has 150 valence electrons. The highest BCUT2D eigenvalue weighted by atomic mass is 32.2. The lowest BCUT2D eigenvalue weighted by molar-refractivity contribution is 0.102. The van der Waals surface area contributed by atoms with Gasteiger partial charge in [-0.1, -0.05) is 18.2 Å². The number of aryl methyl sites for hydroxylation is 2. The molecule has 0 atom stereocenters. The topological polar surface area (TPSA) is 88.2 Å². The van der Waals surface area contributed by atoms with Gasteiger partial charge in [0.15, 0.2) is 5.13 Å². The lowest BCUT2D eigenvalue weighted by Crippen LogP contribution is -2.13. The number of hydrogen-bond donors (Lipinski definition) is 2. The predicted octanol–water partition coefficient (Wildman–Crippen LogP) is 4.31. The lowest BCUT2D eigenvalue weighted by atomic mass is 9.90. The average molecular weight is 428 g/mol. The van der Waals surface area contributed by atoms with Crippen molar-refractivity contribution in [3.63, 3.8) is 0 Å². The number of amides is 1. The fourth-order valence-corrected chi connectivity index (χ4v) is 4.71. The maximum absolute atomic E-state index is 12.6. The Morgan fingerprint density at radius 1 is 1.03 bits per heavy atom. The van der Waals surface area contributed by atoms with Gasteiger partial charge < -0.3 is 0 Å². The SMILES string of the molecule is CS(=O)(=O)Nc1ccc(-c2csc(NC(=O)c3ccc4c(c3)CCCC4)n2)cc1. The number of benzene rings is 2. The van der Waals surface area contributed by atoms with Crippen LogP contribution in [-0.4, -0.2) is 25.6 Å². The number of nitrogens with zero attached hydrogens (tertiary/aromatic N) is 1. The van der Waals surface area contributed by atoms with Crippen LogP contribution >= 0.6 is 11.3 Å². The number of rotatable bonds is 5. The van der Waals surface area contributed by atoms with Gasteiger partial charge in [-0.2, -0.15) is 0 Å². The standard InChI is InChI=1S/C21H21N3O3S2/c1-29(26,27)24-18-10-8-15(9-11-18)19-13-28-21(22-19)23-20(25)17-7-6-14-4-2-3-5-16(14)12-17/h6-13,24H,2-5H2,1H3,(H,22,23,25). The molecule has 0 saturated heterocycles. The van der Waals surface area contributed by atoms with Crippen molar-refractivity contribution in [3.05, 3.63) is 64.5 Å². The van der Waals surface area contributed by atoms with E-state index in [-0.39, 0.29) is 5.91 Å². The van der Waals surface area contributed by atoms with E-state index in [1.165, 1.54) is 35.3 Å². The highest BCUT2D eigenvalue weighted by Gasteiger charge is 2.14. The quantitative estimate of drug-likeness (QED) is 0.635. The molecule has 0 saturated carbocycles. The van der Waals surface area contributed by atoms with Crippen molar-refractivity contribution in [2.75, 3.05) is 16.3 Å². The summed E-state index contributed by atoms with van der Waals surface area (Å²) in [4.78, 5) is 17.1. The molecule has 0 unspecified atom stereocenters. The van der Waals surface area contributed by atoms with E-state index in [0.29, 0.717) is 16.4 Å². The van der Waals surface area contributed by atoms with Gasteiger partial charge in [-0.15, -0.1) is 11.3 Å². The van der Waals surface area contributed by atoms with Crippen LogP contribution in [0.3, 0.4) is 0 Å². The molecule has 1 amide bonds. The highest BCUT2D eigenvalue weighted by molar-refractivity contribution is 7.92. The second-order valence-electron chi connectivity index (χ2n) is 7.13. The van der Waals surface area contributed by atoms with E-state index >= 15 is 0 Å². The van der Waals surface area contributed by atoms with Gasteiger partial charge in [0.05, 0.1) is 11.9 Å². The molecule has 0 spiro atoms. The number of hydrogen-bond acceptors (Lipinski definition) is 5. The van der Waals surface area contributed by atoms with Crippen LogP contribution in [0.2, 0.25) is 0 Å². The highest BCUT2D eigenvalue weighted by Crippen LogP contribution is 2.27. The van der Waals surface area contributed by atoms with Crippen LogP contribution in [0.25, 0.3) is 11.3 Å². The third-order valence-electron chi connectivity index (χ3n) is 4.82. The molecule has 0 bridgehead atoms. The molecule has 4 rings (SSSR count). The summed E-state index contributed by atoms with van der Waals surface area (Å²) in [6.07, 6.45) is 5.62. The number of sulfonamides is 1. The summed E-state index contributed by atoms with van der Waals surface area (Å²) in [6, 6.07) is 12.9. The zero-order valence-corrected chi connectivity index (χ0v) is 17.6. The molecule has 2 N–H and O–H groups in total. The first-order valence-electron chi connectivity index (χ1n) is 9.34. The van der Waals surface area contributed by atoms with Gasteiger partial charge in [0.25, 0.3) is 5.91 Å². The van der Waals surface area contributed by atoms with E-state index in [4.69, 9.17) is 0 Å². The Morgan fingerprint density at radius 2 is 1.76 bits per heavy atom. The molecule has 1 aromatic heterocycles. The van der Waals surface area contributed by atoms with Crippen LogP contribution in [-0.2, 0) is 22.9 Å². The lowest BCUT2D eigenvalue weighted by Gasteiger charge is -2.16. The second-order valence-corrected chi connectivity index (χ2v) is 9.74. The van der Waals surface area contributed by atoms with Gasteiger partial charge in [0.1, 0.15) is 0 Å². The Morgan fingerprint density at radius 3 is 2.48 bits per heavy atom.